The van der Waals surface area contributed by atoms with Crippen LogP contribution in [0.5, 0.6) is 5.75 Å². The zero-order valence-corrected chi connectivity index (χ0v) is 18.2. The van der Waals surface area contributed by atoms with Crippen LogP contribution in [-0.2, 0) is 11.8 Å². The van der Waals surface area contributed by atoms with E-state index in [2.05, 4.69) is 34.6 Å². The van der Waals surface area contributed by atoms with Crippen molar-refractivity contribution in [2.75, 3.05) is 0 Å². The molecule has 0 spiro atoms. The minimum absolute atomic E-state index is 0.0350. The lowest BCUT2D eigenvalue weighted by Crippen LogP contribution is -2.19. The van der Waals surface area contributed by atoms with Crippen molar-refractivity contribution in [1.82, 2.24) is 0 Å². The van der Waals surface area contributed by atoms with Crippen molar-refractivity contribution in [2.45, 2.75) is 78.6 Å². The van der Waals surface area contributed by atoms with Gasteiger partial charge in [0.2, 0.25) is 0 Å². The van der Waals surface area contributed by atoms with Crippen molar-refractivity contribution in [3.8, 4) is 5.75 Å². The first-order valence-electron chi connectivity index (χ1n) is 10.7. The molecule has 2 aromatic carbocycles. The second kappa shape index (κ2) is 9.91. The third kappa shape index (κ3) is 5.70. The van der Waals surface area contributed by atoms with Gasteiger partial charge < -0.3 is 5.11 Å². The fourth-order valence-electron chi connectivity index (χ4n) is 3.63. The lowest BCUT2D eigenvalue weighted by Gasteiger charge is -2.27. The summed E-state index contributed by atoms with van der Waals surface area (Å²) in [4.78, 5) is 12.9. The maximum Gasteiger partial charge on any atom is 0.196 e. The van der Waals surface area contributed by atoms with E-state index in [4.69, 9.17) is 0 Å². The summed E-state index contributed by atoms with van der Waals surface area (Å²) in [5.41, 5.74) is 3.35. The summed E-state index contributed by atoms with van der Waals surface area (Å²) in [5.74, 6) is 0.735. The van der Waals surface area contributed by atoms with Crippen LogP contribution >= 0.6 is 0 Å². The van der Waals surface area contributed by atoms with Crippen molar-refractivity contribution >= 4 is 5.78 Å². The van der Waals surface area contributed by atoms with Gasteiger partial charge in [0.05, 0.1) is 5.56 Å². The van der Waals surface area contributed by atoms with Crippen molar-refractivity contribution in [2.24, 2.45) is 5.92 Å². The van der Waals surface area contributed by atoms with E-state index in [0.29, 0.717) is 11.1 Å². The van der Waals surface area contributed by atoms with E-state index < -0.39 is 0 Å². The van der Waals surface area contributed by atoms with Crippen LogP contribution in [-0.4, -0.2) is 10.9 Å². The number of unbranched alkanes of at least 4 members (excludes halogenated alkanes) is 2. The fraction of sp³-hybridized carbons (Fsp3) is 0.500. The number of carbonyl (C=O) groups is 1. The van der Waals surface area contributed by atoms with Gasteiger partial charge in [0, 0.05) is 5.56 Å². The van der Waals surface area contributed by atoms with Gasteiger partial charge in [0.1, 0.15) is 5.75 Å². The van der Waals surface area contributed by atoms with Gasteiger partial charge in [-0.2, -0.15) is 0 Å². The summed E-state index contributed by atoms with van der Waals surface area (Å²) in [6.07, 6.45) is 6.77. The molecule has 1 N–H and O–H groups in total. The number of rotatable bonds is 10. The van der Waals surface area contributed by atoms with Crippen LogP contribution in [0.15, 0.2) is 42.5 Å². The Balaban J connectivity index is 2.30. The van der Waals surface area contributed by atoms with Crippen LogP contribution in [0.1, 0.15) is 93.8 Å². The summed E-state index contributed by atoms with van der Waals surface area (Å²) in [6, 6.07) is 13.0. The van der Waals surface area contributed by atoms with Gasteiger partial charge in [-0.05, 0) is 53.9 Å². The number of benzene rings is 2. The summed E-state index contributed by atoms with van der Waals surface area (Å²) in [5, 5.41) is 10.6. The van der Waals surface area contributed by atoms with E-state index >= 15 is 0 Å². The second-order valence-corrected chi connectivity index (χ2v) is 8.95. The fourth-order valence-corrected chi connectivity index (χ4v) is 3.63. The Bertz CT molecular complexity index is 773. The molecule has 2 rings (SSSR count). The summed E-state index contributed by atoms with van der Waals surface area (Å²) < 4.78 is 0. The highest BCUT2D eigenvalue weighted by Crippen LogP contribution is 2.35. The summed E-state index contributed by atoms with van der Waals surface area (Å²) in [6.45, 7) is 11.2. The smallest absolute Gasteiger partial charge is 0.196 e. The van der Waals surface area contributed by atoms with E-state index in [-0.39, 0.29) is 16.9 Å². The van der Waals surface area contributed by atoms with Gasteiger partial charge in [0.25, 0.3) is 0 Å². The van der Waals surface area contributed by atoms with E-state index in [0.717, 1.165) is 25.2 Å². The average molecular weight is 381 g/mol. The van der Waals surface area contributed by atoms with Crippen LogP contribution in [0.4, 0.5) is 0 Å². The first kappa shape index (κ1) is 22.2. The molecule has 0 aliphatic carbocycles. The predicted octanol–water partition coefficient (Wildman–Crippen LogP) is 7.07. The largest absolute Gasteiger partial charge is 0.507 e. The van der Waals surface area contributed by atoms with Crippen LogP contribution in [0.3, 0.4) is 0 Å². The van der Waals surface area contributed by atoms with Gasteiger partial charge in [-0.25, -0.2) is 0 Å². The molecule has 0 aliphatic heterocycles. The minimum Gasteiger partial charge on any atom is -0.507 e. The van der Waals surface area contributed by atoms with Gasteiger partial charge in [-0.3, -0.25) is 4.79 Å². The minimum atomic E-state index is -0.116. The molecule has 0 saturated heterocycles. The lowest BCUT2D eigenvalue weighted by atomic mass is 9.77. The molecule has 0 unspecified atom stereocenters. The highest BCUT2D eigenvalue weighted by Gasteiger charge is 2.25. The standard InChI is InChI=1S/C26H36O2/c1-6-26(4,5)23-18-22(25(28)20-14-10-8-11-15-20)24(27)17-21(23)16-12-7-9-13-19(2)3/h8,10-11,14-15,17-19,27H,6-7,9,12-13,16H2,1-5H3. The molecule has 0 aliphatic rings. The molecule has 28 heavy (non-hydrogen) atoms. The molecule has 0 heterocycles. The second-order valence-electron chi connectivity index (χ2n) is 8.95. The highest BCUT2D eigenvalue weighted by molar-refractivity contribution is 6.10. The molecule has 0 fully saturated rings. The van der Waals surface area contributed by atoms with Gasteiger partial charge in [-0.1, -0.05) is 84.2 Å². The van der Waals surface area contributed by atoms with Gasteiger partial charge in [-0.15, -0.1) is 0 Å². The number of phenols is 1. The molecular weight excluding hydrogens is 344 g/mol. The Kier molecular flexibility index (Phi) is 7.86. The molecule has 2 nitrogen and oxygen atoms in total. The third-order valence-electron chi connectivity index (χ3n) is 5.84. The van der Waals surface area contributed by atoms with E-state index in [9.17, 15) is 9.90 Å². The maximum absolute atomic E-state index is 12.9. The molecule has 2 heteroatoms. The molecule has 0 radical (unpaired) electrons. The lowest BCUT2D eigenvalue weighted by molar-refractivity contribution is 0.103. The number of carbonyl (C=O) groups excluding carboxylic acids is 1. The first-order chi connectivity index (χ1) is 13.3. The quantitative estimate of drug-likeness (QED) is 0.353. The molecule has 0 atom stereocenters. The number of aromatic hydroxyl groups is 1. The predicted molar refractivity (Wildman–Crippen MR) is 118 cm³/mol. The van der Waals surface area contributed by atoms with Crippen molar-refractivity contribution in [3.63, 3.8) is 0 Å². The van der Waals surface area contributed by atoms with E-state index in [1.54, 1.807) is 12.1 Å². The monoisotopic (exact) mass is 380 g/mol. The average Bonchev–Trinajstić information content (AvgIpc) is 2.67. The maximum atomic E-state index is 12.9. The van der Waals surface area contributed by atoms with Crippen molar-refractivity contribution in [1.29, 1.82) is 0 Å². The first-order valence-corrected chi connectivity index (χ1v) is 10.7. The Labute approximate surface area is 171 Å². The summed E-state index contributed by atoms with van der Waals surface area (Å²) in [7, 11) is 0. The van der Waals surface area contributed by atoms with Gasteiger partial charge >= 0.3 is 0 Å². The molecule has 0 saturated carbocycles. The Morgan fingerprint density at radius 2 is 1.71 bits per heavy atom. The number of phenolic OH excluding ortho intramolecular Hbond substituents is 1. The Morgan fingerprint density at radius 3 is 2.32 bits per heavy atom. The zero-order valence-electron chi connectivity index (χ0n) is 18.2. The zero-order chi connectivity index (χ0) is 20.7. The molecule has 0 bridgehead atoms. The molecule has 152 valence electrons. The van der Waals surface area contributed by atoms with Crippen LogP contribution in [0, 0.1) is 5.92 Å². The van der Waals surface area contributed by atoms with Crippen molar-refractivity contribution < 1.29 is 9.90 Å². The third-order valence-corrected chi connectivity index (χ3v) is 5.84. The number of aryl methyl sites for hydroxylation is 1. The van der Waals surface area contributed by atoms with Crippen LogP contribution < -0.4 is 0 Å². The molecule has 0 amide bonds. The Morgan fingerprint density at radius 1 is 1.04 bits per heavy atom. The topological polar surface area (TPSA) is 37.3 Å². The van der Waals surface area contributed by atoms with Gasteiger partial charge in [0.15, 0.2) is 5.78 Å². The number of ketones is 1. The number of hydrogen-bond acceptors (Lipinski definition) is 2. The van der Waals surface area contributed by atoms with Crippen molar-refractivity contribution in [3.05, 3.63) is 64.7 Å². The highest BCUT2D eigenvalue weighted by atomic mass is 16.3. The molecular formula is C26H36O2. The van der Waals surface area contributed by atoms with Crippen LogP contribution in [0.25, 0.3) is 0 Å². The Hall–Kier alpha value is -2.09. The molecule has 2 aromatic rings. The normalized spacial score (nSPS) is 11.8. The van der Waals surface area contributed by atoms with E-state index in [1.807, 2.05) is 30.3 Å². The number of hydrogen-bond donors (Lipinski definition) is 1. The molecule has 0 aromatic heterocycles. The SMILES string of the molecule is CCC(C)(C)c1cc(C(=O)c2ccccc2)c(O)cc1CCCCCC(C)C. The van der Waals surface area contributed by atoms with E-state index in [1.165, 1.54) is 30.4 Å². The summed E-state index contributed by atoms with van der Waals surface area (Å²) >= 11 is 0. The van der Waals surface area contributed by atoms with Crippen LogP contribution in [0.2, 0.25) is 0 Å².